The molecule has 134 valence electrons. The number of hydrogen-bond acceptors (Lipinski definition) is 4. The molecule has 2 fully saturated rings. The van der Waals surface area contributed by atoms with Crippen molar-refractivity contribution in [3.8, 4) is 0 Å². The lowest BCUT2D eigenvalue weighted by molar-refractivity contribution is 0.0166. The molecule has 0 spiro atoms. The number of nitrogens with zero attached hydrogens (tertiary/aromatic N) is 4. The van der Waals surface area contributed by atoms with Crippen LogP contribution in [0, 0.1) is 6.92 Å². The van der Waals surface area contributed by atoms with Crippen LogP contribution < -0.4 is 0 Å². The molecule has 2 aliphatic rings. The maximum Gasteiger partial charge on any atom is 0.257 e. The average Bonchev–Trinajstić information content (AvgIpc) is 2.97. The van der Waals surface area contributed by atoms with Crippen molar-refractivity contribution in [2.45, 2.75) is 52.1 Å². The Hall–Kier alpha value is -1.40. The van der Waals surface area contributed by atoms with Crippen LogP contribution >= 0.6 is 0 Å². The zero-order valence-corrected chi connectivity index (χ0v) is 15.0. The van der Waals surface area contributed by atoms with Crippen molar-refractivity contribution in [3.05, 3.63) is 17.5 Å². The van der Waals surface area contributed by atoms with Crippen LogP contribution in [0.3, 0.4) is 0 Å². The normalized spacial score (nSPS) is 22.8. The minimum atomic E-state index is 0.160. The second kappa shape index (κ2) is 8.12. The molecule has 0 unspecified atom stereocenters. The van der Waals surface area contributed by atoms with Crippen LogP contribution in [0.15, 0.2) is 6.20 Å². The third kappa shape index (κ3) is 3.81. The van der Waals surface area contributed by atoms with Gasteiger partial charge in [0.15, 0.2) is 0 Å². The Bertz CT molecular complexity index is 551. The van der Waals surface area contributed by atoms with E-state index in [0.717, 1.165) is 76.5 Å². The van der Waals surface area contributed by atoms with Crippen molar-refractivity contribution in [1.82, 2.24) is 19.6 Å². The molecule has 1 aromatic rings. The molecule has 0 aromatic carbocycles. The summed E-state index contributed by atoms with van der Waals surface area (Å²) in [5.41, 5.74) is 1.77. The van der Waals surface area contributed by atoms with Gasteiger partial charge in [0, 0.05) is 44.5 Å². The number of likely N-dealkylation sites (tertiary alicyclic amines) is 1. The lowest BCUT2D eigenvalue weighted by Crippen LogP contribution is -2.51. The number of aromatic nitrogens is 2. The summed E-state index contributed by atoms with van der Waals surface area (Å²) in [7, 11) is 0. The lowest BCUT2D eigenvalue weighted by atomic mass is 10.00. The molecule has 3 rings (SSSR count). The zero-order chi connectivity index (χ0) is 16.9. The van der Waals surface area contributed by atoms with Crippen LogP contribution in [0.1, 0.15) is 48.7 Å². The van der Waals surface area contributed by atoms with E-state index < -0.39 is 0 Å². The van der Waals surface area contributed by atoms with Crippen LogP contribution in [0.2, 0.25) is 0 Å². The SMILES string of the molecule is CCCn1ncc(C(=O)N2CCCC[C@@H]2CN2CCOCC2)c1C. The van der Waals surface area contributed by atoms with Gasteiger partial charge >= 0.3 is 0 Å². The van der Waals surface area contributed by atoms with Crippen molar-refractivity contribution in [3.63, 3.8) is 0 Å². The molecule has 0 N–H and O–H groups in total. The summed E-state index contributed by atoms with van der Waals surface area (Å²) in [6.07, 6.45) is 6.21. The first-order chi connectivity index (χ1) is 11.7. The third-order valence-electron chi connectivity index (χ3n) is 5.23. The highest BCUT2D eigenvalue weighted by Gasteiger charge is 2.31. The highest BCUT2D eigenvalue weighted by molar-refractivity contribution is 5.95. The van der Waals surface area contributed by atoms with Crippen LogP contribution in [-0.2, 0) is 11.3 Å². The Labute approximate surface area is 144 Å². The monoisotopic (exact) mass is 334 g/mol. The summed E-state index contributed by atoms with van der Waals surface area (Å²) < 4.78 is 7.39. The molecule has 1 aromatic heterocycles. The molecule has 3 heterocycles. The van der Waals surface area contributed by atoms with Gasteiger partial charge in [-0.15, -0.1) is 0 Å². The summed E-state index contributed by atoms with van der Waals surface area (Å²) in [5, 5.41) is 4.40. The quantitative estimate of drug-likeness (QED) is 0.826. The smallest absolute Gasteiger partial charge is 0.257 e. The molecular formula is C18H30N4O2. The minimum Gasteiger partial charge on any atom is -0.379 e. The standard InChI is InChI=1S/C18H30N4O2/c1-3-7-22-15(2)17(13-19-22)18(23)21-8-5-4-6-16(21)14-20-9-11-24-12-10-20/h13,16H,3-12,14H2,1-2H3/t16-/m1/s1. The topological polar surface area (TPSA) is 50.6 Å². The van der Waals surface area contributed by atoms with Gasteiger partial charge in [-0.3, -0.25) is 14.4 Å². The Morgan fingerprint density at radius 1 is 1.29 bits per heavy atom. The number of morpholine rings is 1. The number of amides is 1. The van der Waals surface area contributed by atoms with Crippen LogP contribution in [0.5, 0.6) is 0 Å². The van der Waals surface area contributed by atoms with Gasteiger partial charge in [-0.2, -0.15) is 5.10 Å². The number of rotatable bonds is 5. The molecule has 1 amide bonds. The van der Waals surface area contributed by atoms with Crippen molar-refractivity contribution in [2.24, 2.45) is 0 Å². The number of piperidine rings is 1. The largest absolute Gasteiger partial charge is 0.379 e. The van der Waals surface area contributed by atoms with E-state index in [0.29, 0.717) is 6.04 Å². The predicted molar refractivity (Wildman–Crippen MR) is 93.2 cm³/mol. The van der Waals surface area contributed by atoms with Crippen molar-refractivity contribution in [1.29, 1.82) is 0 Å². The van der Waals surface area contributed by atoms with Crippen LogP contribution in [0.25, 0.3) is 0 Å². The second-order valence-electron chi connectivity index (χ2n) is 6.93. The fraction of sp³-hybridized carbons (Fsp3) is 0.778. The van der Waals surface area contributed by atoms with Gasteiger partial charge in [0.05, 0.1) is 25.0 Å². The van der Waals surface area contributed by atoms with E-state index in [2.05, 4.69) is 21.8 Å². The van der Waals surface area contributed by atoms with Gasteiger partial charge in [0.1, 0.15) is 0 Å². The van der Waals surface area contributed by atoms with Gasteiger partial charge in [-0.1, -0.05) is 6.92 Å². The highest BCUT2D eigenvalue weighted by atomic mass is 16.5. The second-order valence-corrected chi connectivity index (χ2v) is 6.93. The summed E-state index contributed by atoms with van der Waals surface area (Å²) in [6, 6.07) is 0.318. The molecule has 24 heavy (non-hydrogen) atoms. The molecule has 0 aliphatic carbocycles. The van der Waals surface area contributed by atoms with Crippen molar-refractivity contribution in [2.75, 3.05) is 39.4 Å². The summed E-state index contributed by atoms with van der Waals surface area (Å²) in [4.78, 5) is 17.7. The number of carbonyl (C=O) groups excluding carboxylic acids is 1. The van der Waals surface area contributed by atoms with Gasteiger partial charge < -0.3 is 9.64 Å². The van der Waals surface area contributed by atoms with Crippen molar-refractivity contribution >= 4 is 5.91 Å². The van der Waals surface area contributed by atoms with E-state index in [1.54, 1.807) is 6.20 Å². The third-order valence-corrected chi connectivity index (χ3v) is 5.23. The number of carbonyl (C=O) groups is 1. The van der Waals surface area contributed by atoms with Gasteiger partial charge in [-0.25, -0.2) is 0 Å². The number of aryl methyl sites for hydroxylation is 1. The van der Waals surface area contributed by atoms with E-state index in [9.17, 15) is 4.79 Å². The maximum atomic E-state index is 13.1. The molecule has 0 radical (unpaired) electrons. The highest BCUT2D eigenvalue weighted by Crippen LogP contribution is 2.22. The van der Waals surface area contributed by atoms with Gasteiger partial charge in [0.2, 0.25) is 0 Å². The van der Waals surface area contributed by atoms with Gasteiger partial charge in [0.25, 0.3) is 5.91 Å². The molecule has 6 nitrogen and oxygen atoms in total. The van der Waals surface area contributed by atoms with E-state index in [1.165, 1.54) is 6.42 Å². The Balaban J connectivity index is 1.71. The Kier molecular flexibility index (Phi) is 5.89. The summed E-state index contributed by atoms with van der Waals surface area (Å²) in [5.74, 6) is 0.160. The van der Waals surface area contributed by atoms with Gasteiger partial charge in [-0.05, 0) is 32.6 Å². The minimum absolute atomic E-state index is 0.160. The van der Waals surface area contributed by atoms with E-state index >= 15 is 0 Å². The van der Waals surface area contributed by atoms with E-state index in [-0.39, 0.29) is 5.91 Å². The molecule has 2 saturated heterocycles. The predicted octanol–water partition coefficient (Wildman–Crippen LogP) is 1.93. The average molecular weight is 334 g/mol. The van der Waals surface area contributed by atoms with E-state index in [1.807, 2.05) is 11.6 Å². The maximum absolute atomic E-state index is 13.1. The summed E-state index contributed by atoms with van der Waals surface area (Å²) >= 11 is 0. The molecule has 1 atom stereocenters. The molecular weight excluding hydrogens is 304 g/mol. The molecule has 0 bridgehead atoms. The van der Waals surface area contributed by atoms with Crippen molar-refractivity contribution < 1.29 is 9.53 Å². The molecule has 2 aliphatic heterocycles. The molecule has 0 saturated carbocycles. The number of ether oxygens (including phenoxy) is 1. The summed E-state index contributed by atoms with van der Waals surface area (Å²) in [6.45, 7) is 10.4. The lowest BCUT2D eigenvalue weighted by Gasteiger charge is -2.39. The first-order valence-electron chi connectivity index (χ1n) is 9.34. The molecule has 6 heteroatoms. The first kappa shape index (κ1) is 17.4. The first-order valence-corrected chi connectivity index (χ1v) is 9.34. The zero-order valence-electron chi connectivity index (χ0n) is 15.0. The fourth-order valence-corrected chi connectivity index (χ4v) is 3.79. The Morgan fingerprint density at radius 2 is 2.08 bits per heavy atom. The Morgan fingerprint density at radius 3 is 2.83 bits per heavy atom. The van der Waals surface area contributed by atoms with E-state index in [4.69, 9.17) is 4.74 Å². The number of hydrogen-bond donors (Lipinski definition) is 0. The van der Waals surface area contributed by atoms with Crippen LogP contribution in [-0.4, -0.2) is 70.9 Å². The van der Waals surface area contributed by atoms with Crippen LogP contribution in [0.4, 0.5) is 0 Å². The fourth-order valence-electron chi connectivity index (χ4n) is 3.79.